The Kier molecular flexibility index (Phi) is 21.5. The average Bonchev–Trinajstić information content (AvgIpc) is 3.26. The first-order valence-corrected chi connectivity index (χ1v) is 22.6. The molecule has 17 nitrogen and oxygen atoms in total. The van der Waals surface area contributed by atoms with Gasteiger partial charge >= 0.3 is 5.97 Å². The maximum absolute atomic E-state index is 13.9. The molecule has 17 heteroatoms. The molecule has 0 radical (unpaired) electrons. The van der Waals surface area contributed by atoms with Gasteiger partial charge in [0, 0.05) is 45.1 Å². The molecule has 0 saturated carbocycles. The first-order chi connectivity index (χ1) is 30.4. The van der Waals surface area contributed by atoms with E-state index in [9.17, 15) is 54.0 Å². The van der Waals surface area contributed by atoms with Crippen LogP contribution in [0.15, 0.2) is 36.4 Å². The quantitative estimate of drug-likeness (QED) is 0.0781. The Labute approximate surface area is 376 Å². The first kappa shape index (κ1) is 52.6. The van der Waals surface area contributed by atoms with Crippen LogP contribution in [0, 0.1) is 0 Å². The lowest BCUT2D eigenvalue weighted by Gasteiger charge is -2.32. The fourth-order valence-electron chi connectivity index (χ4n) is 7.70. The molecule has 0 unspecified atom stereocenters. The van der Waals surface area contributed by atoms with E-state index in [2.05, 4.69) is 22.9 Å². The molecule has 2 aromatic carbocycles. The summed E-state index contributed by atoms with van der Waals surface area (Å²) < 4.78 is 0. The summed E-state index contributed by atoms with van der Waals surface area (Å²) in [7, 11) is 4.07. The predicted octanol–water partition coefficient (Wildman–Crippen LogP) is 4.16. The van der Waals surface area contributed by atoms with Gasteiger partial charge in [-0.1, -0.05) is 96.1 Å². The minimum atomic E-state index is -1.47. The van der Waals surface area contributed by atoms with Crippen molar-refractivity contribution in [3.05, 3.63) is 47.5 Å². The fourth-order valence-corrected chi connectivity index (χ4v) is 7.70. The number of aliphatic hydroxyl groups excluding tert-OH is 1. The predicted molar refractivity (Wildman–Crippen MR) is 241 cm³/mol. The van der Waals surface area contributed by atoms with Crippen LogP contribution in [0.5, 0.6) is 11.5 Å². The number of amides is 6. The van der Waals surface area contributed by atoms with Crippen LogP contribution in [0.4, 0.5) is 0 Å². The van der Waals surface area contributed by atoms with Crippen LogP contribution in [0.25, 0.3) is 11.1 Å². The summed E-state index contributed by atoms with van der Waals surface area (Å²) >= 11 is 0. The Hall–Kier alpha value is -5.71. The molecular formula is C47H70N6O11. The second-order valence-corrected chi connectivity index (χ2v) is 16.9. The van der Waals surface area contributed by atoms with Crippen molar-refractivity contribution in [3.8, 4) is 22.6 Å². The Balaban J connectivity index is 1.63. The van der Waals surface area contributed by atoms with Crippen molar-refractivity contribution in [2.24, 2.45) is 0 Å². The van der Waals surface area contributed by atoms with Gasteiger partial charge in [-0.25, -0.2) is 4.79 Å². The number of rotatable bonds is 23. The fraction of sp³-hybridized carbons (Fsp3) is 0.596. The van der Waals surface area contributed by atoms with E-state index >= 15 is 0 Å². The normalized spacial score (nSPS) is 17.2. The van der Waals surface area contributed by atoms with Gasteiger partial charge < -0.3 is 51.1 Å². The summed E-state index contributed by atoms with van der Waals surface area (Å²) in [5.74, 6) is -6.08. The molecular weight excluding hydrogens is 825 g/mol. The second kappa shape index (κ2) is 26.2. The number of carbonyl (C=O) groups excluding carboxylic acids is 6. The van der Waals surface area contributed by atoms with Crippen LogP contribution in [0.1, 0.15) is 128 Å². The molecule has 5 atom stereocenters. The lowest BCUT2D eigenvalue weighted by atomic mass is 9.94. The first-order valence-electron chi connectivity index (χ1n) is 22.6. The van der Waals surface area contributed by atoms with E-state index in [1.165, 1.54) is 134 Å². The number of unbranched alkanes of at least 4 members (excludes halogenated alkanes) is 12. The van der Waals surface area contributed by atoms with Crippen molar-refractivity contribution in [3.63, 3.8) is 0 Å². The third kappa shape index (κ3) is 15.2. The number of aromatic hydroxyl groups is 2. The summed E-state index contributed by atoms with van der Waals surface area (Å²) in [6, 6.07) is 1.72. The van der Waals surface area contributed by atoms with Crippen molar-refractivity contribution in [2.45, 2.75) is 147 Å². The van der Waals surface area contributed by atoms with E-state index in [0.717, 1.165) is 29.1 Å². The lowest BCUT2D eigenvalue weighted by molar-refractivity contribution is -0.149. The van der Waals surface area contributed by atoms with Crippen LogP contribution in [-0.4, -0.2) is 135 Å². The Bertz CT molecular complexity index is 1920. The molecule has 6 amide bonds. The van der Waals surface area contributed by atoms with Gasteiger partial charge in [-0.2, -0.15) is 0 Å². The minimum absolute atomic E-state index is 0.0689. The zero-order valence-electron chi connectivity index (χ0n) is 38.4. The van der Waals surface area contributed by atoms with Crippen LogP contribution in [0.3, 0.4) is 0 Å². The van der Waals surface area contributed by atoms with Gasteiger partial charge in [-0.05, 0) is 55.7 Å². The number of nitrogens with one attached hydrogen (secondary N) is 3. The number of aliphatic hydroxyl groups is 1. The van der Waals surface area contributed by atoms with Crippen molar-refractivity contribution in [1.82, 2.24) is 30.7 Å². The van der Waals surface area contributed by atoms with E-state index < -0.39 is 78.9 Å². The molecule has 0 fully saturated rings. The third-order valence-electron chi connectivity index (χ3n) is 12.1. The molecule has 3 rings (SSSR count). The minimum Gasteiger partial charge on any atom is -0.507 e. The van der Waals surface area contributed by atoms with Crippen molar-refractivity contribution >= 4 is 41.4 Å². The highest BCUT2D eigenvalue weighted by atomic mass is 16.4. The molecule has 2 aromatic rings. The molecule has 0 aromatic heterocycles. The number of carboxylic acids is 1. The Morgan fingerprint density at radius 2 is 1.30 bits per heavy atom. The van der Waals surface area contributed by atoms with Crippen molar-refractivity contribution in [2.75, 3.05) is 34.3 Å². The molecule has 7 N–H and O–H groups in total. The van der Waals surface area contributed by atoms with Gasteiger partial charge in [0.1, 0.15) is 41.7 Å². The highest BCUT2D eigenvalue weighted by Crippen LogP contribution is 2.38. The number of carboxylic acid groups (broad SMARTS) is 1. The van der Waals surface area contributed by atoms with E-state index in [0.29, 0.717) is 12.0 Å². The summed E-state index contributed by atoms with van der Waals surface area (Å²) in [6.45, 7) is 3.66. The van der Waals surface area contributed by atoms with E-state index in [-0.39, 0.29) is 46.9 Å². The number of hydrogen-bond donors (Lipinski definition) is 7. The number of fused-ring (bicyclic) bond motifs is 5. The molecule has 64 heavy (non-hydrogen) atoms. The lowest BCUT2D eigenvalue weighted by Crippen LogP contribution is -2.56. The topological polar surface area (TPSA) is 246 Å². The maximum atomic E-state index is 13.9. The Morgan fingerprint density at radius 3 is 1.86 bits per heavy atom. The molecule has 0 spiro atoms. The molecule has 4 bridgehead atoms. The zero-order valence-corrected chi connectivity index (χ0v) is 38.4. The standard InChI is InChI=1S/C47H70N6O11/c1-7-8-9-10-11-12-13-14-15-16-17-18-19-20-40(57)52(5)37(29-54)46(62)51(4)31(3)44(60)48-28-41(58)53(6)42-33-22-24-39(56)35(27-33)34-25-32(21-23-38(34)55)26-36(47(63)64)50-43(59)30(2)49-45(42)61/h21-25,27,30-31,36-37,42,54-56H,7-20,26,28-29H2,1-6H3,(H,48,60)(H,49,61)(H,50,59)(H,63,64)/t30-,31+,36-,37+,42-/m0/s1. The number of phenolic OH excluding ortho intramolecular Hbond substituents is 2. The molecule has 1 heterocycles. The highest BCUT2D eigenvalue weighted by Gasteiger charge is 2.35. The van der Waals surface area contributed by atoms with Gasteiger partial charge in [0.2, 0.25) is 35.4 Å². The van der Waals surface area contributed by atoms with Gasteiger partial charge in [0.05, 0.1) is 13.2 Å². The maximum Gasteiger partial charge on any atom is 0.326 e. The number of phenols is 2. The van der Waals surface area contributed by atoms with Crippen LogP contribution in [-0.2, 0) is 40.0 Å². The summed E-state index contributed by atoms with van der Waals surface area (Å²) in [5.41, 5.74) is 0.735. The second-order valence-electron chi connectivity index (χ2n) is 16.9. The molecule has 0 saturated heterocycles. The monoisotopic (exact) mass is 895 g/mol. The number of hydrogen-bond acceptors (Lipinski definition) is 10. The molecule has 354 valence electrons. The van der Waals surface area contributed by atoms with Crippen molar-refractivity contribution in [1.29, 1.82) is 0 Å². The smallest absolute Gasteiger partial charge is 0.326 e. The summed E-state index contributed by atoms with van der Waals surface area (Å²) in [4.78, 5) is 96.0. The van der Waals surface area contributed by atoms with Crippen molar-refractivity contribution < 1.29 is 54.0 Å². The number of carbonyl (C=O) groups is 7. The SMILES string of the molecule is CCCCCCCCCCCCCCCC(=O)N(C)[C@H](CO)C(=O)N(C)[C@H](C)C(=O)NCC(=O)N(C)[C@@H]1C(=O)N[C@@H](C)C(=O)N[C@H](C(=O)O)Cc2ccc(O)c(c2)-c2cc1ccc2O. The van der Waals surface area contributed by atoms with Crippen LogP contribution >= 0.6 is 0 Å². The number of nitrogens with zero attached hydrogens (tertiary/aromatic N) is 3. The molecule has 1 aliphatic rings. The van der Waals surface area contributed by atoms with Gasteiger partial charge in [0.25, 0.3) is 0 Å². The third-order valence-corrected chi connectivity index (χ3v) is 12.1. The molecule has 0 aliphatic carbocycles. The van der Waals surface area contributed by atoms with Gasteiger partial charge in [-0.3, -0.25) is 28.8 Å². The number of aliphatic carboxylic acids is 1. The van der Waals surface area contributed by atoms with Gasteiger partial charge in [0.15, 0.2) is 0 Å². The number of benzene rings is 2. The van der Waals surface area contributed by atoms with Gasteiger partial charge in [-0.15, -0.1) is 0 Å². The largest absolute Gasteiger partial charge is 0.507 e. The van der Waals surface area contributed by atoms with Crippen LogP contribution < -0.4 is 16.0 Å². The van der Waals surface area contributed by atoms with E-state index in [4.69, 9.17) is 0 Å². The van der Waals surface area contributed by atoms with E-state index in [1.807, 2.05) is 0 Å². The molecule has 1 aliphatic heterocycles. The highest BCUT2D eigenvalue weighted by molar-refractivity contribution is 5.96. The van der Waals surface area contributed by atoms with Crippen LogP contribution in [0.2, 0.25) is 0 Å². The summed E-state index contributed by atoms with van der Waals surface area (Å²) in [6.07, 6.45) is 15.1. The zero-order chi connectivity index (χ0) is 47.5. The average molecular weight is 895 g/mol. The summed E-state index contributed by atoms with van der Waals surface area (Å²) in [5, 5.41) is 49.1. The van der Waals surface area contributed by atoms with E-state index in [1.54, 1.807) is 0 Å². The Morgan fingerprint density at radius 1 is 0.750 bits per heavy atom. The number of likely N-dealkylation sites (N-methyl/N-ethyl adjacent to an activating group) is 3.